The molecule has 0 aliphatic rings. The van der Waals surface area contributed by atoms with E-state index in [0.717, 1.165) is 31.2 Å². The number of hydrogen-bond acceptors (Lipinski definition) is 2. The molecule has 0 radical (unpaired) electrons. The second-order valence-electron chi connectivity index (χ2n) is 6.26. The summed E-state index contributed by atoms with van der Waals surface area (Å²) >= 11 is 7.07. The van der Waals surface area contributed by atoms with Gasteiger partial charge in [0.15, 0.2) is 0 Å². The molecule has 0 aliphatic heterocycles. The van der Waals surface area contributed by atoms with Gasteiger partial charge in [-0.05, 0) is 85.8 Å². The molecule has 0 saturated heterocycles. The summed E-state index contributed by atoms with van der Waals surface area (Å²) in [6.45, 7) is 2.33. The number of rotatable bonds is 5. The summed E-state index contributed by atoms with van der Waals surface area (Å²) in [5.74, 6) is 0.374. The third kappa shape index (κ3) is 5.09. The van der Waals surface area contributed by atoms with Crippen molar-refractivity contribution in [2.45, 2.75) is 13.5 Å². The van der Waals surface area contributed by atoms with Crippen molar-refractivity contribution >= 4 is 43.5 Å². The predicted octanol–water partition coefficient (Wildman–Crippen LogP) is 7.30. The van der Waals surface area contributed by atoms with Gasteiger partial charge < -0.3 is 4.74 Å². The minimum absolute atomic E-state index is 0.274. The fraction of sp³-hybridized carbons (Fsp3) is 0.0870. The Kier molecular flexibility index (Phi) is 6.66. The molecule has 0 aromatic heterocycles. The second kappa shape index (κ2) is 9.18. The fourth-order valence-corrected chi connectivity index (χ4v) is 4.07. The lowest BCUT2D eigenvalue weighted by atomic mass is 10.0. The van der Waals surface area contributed by atoms with Gasteiger partial charge in [0.25, 0.3) is 0 Å². The van der Waals surface area contributed by atoms with Gasteiger partial charge in [-0.25, -0.2) is 4.39 Å². The molecule has 28 heavy (non-hydrogen) atoms. The molecule has 0 amide bonds. The molecule has 5 heteroatoms. The van der Waals surface area contributed by atoms with Gasteiger partial charge in [0.2, 0.25) is 0 Å². The zero-order chi connectivity index (χ0) is 20.1. The summed E-state index contributed by atoms with van der Waals surface area (Å²) in [5.41, 5.74) is 4.34. The lowest BCUT2D eigenvalue weighted by Gasteiger charge is -2.12. The summed E-state index contributed by atoms with van der Waals surface area (Å²) in [5, 5.41) is 9.54. The van der Waals surface area contributed by atoms with Crippen molar-refractivity contribution in [3.8, 4) is 11.8 Å². The fourth-order valence-electron chi connectivity index (χ4n) is 2.62. The van der Waals surface area contributed by atoms with Crippen molar-refractivity contribution in [2.24, 2.45) is 0 Å². The van der Waals surface area contributed by atoms with Crippen LogP contribution in [0.1, 0.15) is 22.3 Å². The molecule has 0 atom stereocenters. The first-order valence-electron chi connectivity index (χ1n) is 8.51. The zero-order valence-electron chi connectivity index (χ0n) is 15.0. The summed E-state index contributed by atoms with van der Waals surface area (Å²) < 4.78 is 20.4. The molecule has 0 N–H and O–H groups in total. The largest absolute Gasteiger partial charge is 0.487 e. The van der Waals surface area contributed by atoms with Gasteiger partial charge in [0.1, 0.15) is 18.2 Å². The van der Waals surface area contributed by atoms with Crippen molar-refractivity contribution in [2.75, 3.05) is 0 Å². The maximum atomic E-state index is 13.0. The smallest absolute Gasteiger partial charge is 0.148 e. The van der Waals surface area contributed by atoms with Gasteiger partial charge in [0, 0.05) is 0 Å². The third-order valence-corrected chi connectivity index (χ3v) is 5.29. The van der Waals surface area contributed by atoms with E-state index >= 15 is 0 Å². The molecule has 0 bridgehead atoms. The SMILES string of the molecule is Cc1ccc(/C(C#N)=C\c2cc(Br)c(OCc3ccc(F)cc3)c(Br)c2)cc1. The molecule has 3 aromatic carbocycles. The zero-order valence-corrected chi connectivity index (χ0v) is 18.2. The van der Waals surface area contributed by atoms with Gasteiger partial charge >= 0.3 is 0 Å². The first-order valence-corrected chi connectivity index (χ1v) is 10.1. The van der Waals surface area contributed by atoms with Crippen LogP contribution in [0, 0.1) is 24.1 Å². The maximum absolute atomic E-state index is 13.0. The molecule has 0 unspecified atom stereocenters. The monoisotopic (exact) mass is 499 g/mol. The number of nitriles is 1. The summed E-state index contributed by atoms with van der Waals surface area (Å²) in [6, 6.07) is 20.1. The molecule has 0 spiro atoms. The van der Waals surface area contributed by atoms with Gasteiger partial charge in [-0.1, -0.05) is 42.0 Å². The highest BCUT2D eigenvalue weighted by Crippen LogP contribution is 2.36. The first kappa shape index (κ1) is 20.3. The molecule has 140 valence electrons. The molecule has 0 aliphatic carbocycles. The number of hydrogen-bond donors (Lipinski definition) is 0. The first-order chi connectivity index (χ1) is 13.5. The Labute approximate surface area is 180 Å². The highest BCUT2D eigenvalue weighted by molar-refractivity contribution is 9.11. The Morgan fingerprint density at radius 2 is 1.64 bits per heavy atom. The summed E-state index contributed by atoms with van der Waals surface area (Å²) in [6.07, 6.45) is 1.84. The van der Waals surface area contributed by atoms with Crippen molar-refractivity contribution in [1.82, 2.24) is 0 Å². The highest BCUT2D eigenvalue weighted by atomic mass is 79.9. The Morgan fingerprint density at radius 3 is 2.21 bits per heavy atom. The lowest BCUT2D eigenvalue weighted by molar-refractivity contribution is 0.302. The Bertz CT molecular complexity index is 1030. The Balaban J connectivity index is 1.83. The van der Waals surface area contributed by atoms with Crippen LogP contribution in [0.15, 0.2) is 69.6 Å². The summed E-state index contributed by atoms with van der Waals surface area (Å²) in [4.78, 5) is 0. The number of ether oxygens (including phenoxy) is 1. The second-order valence-corrected chi connectivity index (χ2v) is 7.97. The van der Waals surface area contributed by atoms with Gasteiger partial charge in [-0.15, -0.1) is 0 Å². The van der Waals surface area contributed by atoms with Crippen molar-refractivity contribution in [1.29, 1.82) is 5.26 Å². The van der Waals surface area contributed by atoms with E-state index in [1.807, 2.05) is 49.4 Å². The molecular weight excluding hydrogens is 485 g/mol. The van der Waals surface area contributed by atoms with Crippen molar-refractivity contribution < 1.29 is 9.13 Å². The molecule has 3 rings (SSSR count). The Morgan fingerprint density at radius 1 is 1.04 bits per heavy atom. The van der Waals surface area contributed by atoms with E-state index in [9.17, 15) is 9.65 Å². The van der Waals surface area contributed by atoms with Crippen LogP contribution in [0.3, 0.4) is 0 Å². The van der Waals surface area contributed by atoms with Crippen LogP contribution < -0.4 is 4.74 Å². The van der Waals surface area contributed by atoms with Crippen LogP contribution in [0.5, 0.6) is 5.75 Å². The average Bonchev–Trinajstić information content (AvgIpc) is 2.67. The van der Waals surface area contributed by atoms with Crippen LogP contribution >= 0.6 is 31.9 Å². The molecule has 0 fully saturated rings. The van der Waals surface area contributed by atoms with E-state index < -0.39 is 0 Å². The van der Waals surface area contributed by atoms with Crippen LogP contribution in [0.4, 0.5) is 4.39 Å². The van der Waals surface area contributed by atoms with Crippen LogP contribution in [-0.2, 0) is 6.61 Å². The van der Waals surface area contributed by atoms with E-state index in [0.29, 0.717) is 17.9 Å². The van der Waals surface area contributed by atoms with Crippen molar-refractivity contribution in [3.05, 3.63) is 97.7 Å². The molecular formula is C23H16Br2FNO. The number of halogens is 3. The normalized spacial score (nSPS) is 11.2. The van der Waals surface area contributed by atoms with E-state index in [1.165, 1.54) is 12.1 Å². The Hall–Kier alpha value is -2.42. The average molecular weight is 501 g/mol. The van der Waals surface area contributed by atoms with Crippen LogP contribution in [-0.4, -0.2) is 0 Å². The number of benzene rings is 3. The van der Waals surface area contributed by atoms with E-state index in [1.54, 1.807) is 12.1 Å². The molecule has 3 aromatic rings. The quantitative estimate of drug-likeness (QED) is 0.272. The summed E-state index contributed by atoms with van der Waals surface area (Å²) in [7, 11) is 0. The highest BCUT2D eigenvalue weighted by Gasteiger charge is 2.10. The van der Waals surface area contributed by atoms with Crippen LogP contribution in [0.2, 0.25) is 0 Å². The van der Waals surface area contributed by atoms with Crippen LogP contribution in [0.25, 0.3) is 11.6 Å². The van der Waals surface area contributed by atoms with E-state index in [2.05, 4.69) is 37.9 Å². The molecule has 0 heterocycles. The van der Waals surface area contributed by atoms with Gasteiger partial charge in [-0.2, -0.15) is 5.26 Å². The van der Waals surface area contributed by atoms with E-state index in [4.69, 9.17) is 4.74 Å². The minimum Gasteiger partial charge on any atom is -0.487 e. The number of aryl methyl sites for hydroxylation is 1. The number of allylic oxidation sites excluding steroid dienone is 1. The number of nitrogens with zero attached hydrogens (tertiary/aromatic N) is 1. The standard InChI is InChI=1S/C23H16Br2FNO/c1-15-2-6-18(7-3-15)19(13-27)10-17-11-21(24)23(22(25)12-17)28-14-16-4-8-20(26)9-5-16/h2-12H,14H2,1H3/b19-10-. The molecule has 2 nitrogen and oxygen atoms in total. The third-order valence-electron chi connectivity index (χ3n) is 4.11. The van der Waals surface area contributed by atoms with Crippen molar-refractivity contribution in [3.63, 3.8) is 0 Å². The van der Waals surface area contributed by atoms with Gasteiger partial charge in [-0.3, -0.25) is 0 Å². The molecule has 0 saturated carbocycles. The van der Waals surface area contributed by atoms with E-state index in [-0.39, 0.29) is 5.82 Å². The topological polar surface area (TPSA) is 33.0 Å². The van der Waals surface area contributed by atoms with Gasteiger partial charge in [0.05, 0.1) is 20.6 Å². The minimum atomic E-state index is -0.274. The lowest BCUT2D eigenvalue weighted by Crippen LogP contribution is -1.97. The maximum Gasteiger partial charge on any atom is 0.148 e. The predicted molar refractivity (Wildman–Crippen MR) is 117 cm³/mol.